The summed E-state index contributed by atoms with van der Waals surface area (Å²) in [5.41, 5.74) is 1.63. The van der Waals surface area contributed by atoms with Gasteiger partial charge in [-0.25, -0.2) is 8.78 Å². The highest BCUT2D eigenvalue weighted by atomic mass is 32.1. The fourth-order valence-corrected chi connectivity index (χ4v) is 4.77. The van der Waals surface area contributed by atoms with Crippen LogP contribution in [0.5, 0.6) is 5.75 Å². The lowest BCUT2D eigenvalue weighted by molar-refractivity contribution is -0.480. The van der Waals surface area contributed by atoms with E-state index < -0.39 is 12.1 Å². The normalized spacial score (nSPS) is 15.1. The topological polar surface area (TPSA) is 97.5 Å². The van der Waals surface area contributed by atoms with E-state index in [0.29, 0.717) is 64.2 Å². The Kier molecular flexibility index (Phi) is 8.18. The van der Waals surface area contributed by atoms with Gasteiger partial charge in [0.1, 0.15) is 11.4 Å². The van der Waals surface area contributed by atoms with E-state index in [1.165, 1.54) is 19.4 Å². The zero-order valence-corrected chi connectivity index (χ0v) is 22.0. The van der Waals surface area contributed by atoms with Gasteiger partial charge in [-0.3, -0.25) is 9.78 Å². The molecule has 1 aliphatic carbocycles. The molecule has 9 nitrogen and oxygen atoms in total. The van der Waals surface area contributed by atoms with Crippen LogP contribution in [0, 0.1) is 22.7 Å². The molecular weight excluding hydrogens is 528 g/mol. The molecule has 3 aromatic rings. The van der Waals surface area contributed by atoms with Crippen molar-refractivity contribution in [2.24, 2.45) is 5.92 Å². The summed E-state index contributed by atoms with van der Waals surface area (Å²) in [6.45, 7) is 1.87. The Morgan fingerprint density at radius 1 is 1.23 bits per heavy atom. The number of halogens is 2. The average molecular weight is 555 g/mol. The van der Waals surface area contributed by atoms with Gasteiger partial charge < -0.3 is 14.4 Å². The van der Waals surface area contributed by atoms with E-state index in [2.05, 4.69) is 27.0 Å². The van der Waals surface area contributed by atoms with Crippen molar-refractivity contribution < 1.29 is 27.8 Å². The van der Waals surface area contributed by atoms with Crippen LogP contribution in [0.3, 0.4) is 0 Å². The molecule has 2 aromatic heterocycles. The lowest BCUT2D eigenvalue weighted by atomic mass is 9.95. The molecule has 0 bridgehead atoms. The minimum absolute atomic E-state index is 0.0638. The van der Waals surface area contributed by atoms with Gasteiger partial charge in [-0.1, -0.05) is 29.0 Å². The van der Waals surface area contributed by atoms with E-state index >= 15 is 0 Å². The van der Waals surface area contributed by atoms with Crippen molar-refractivity contribution in [3.05, 3.63) is 57.2 Å². The highest BCUT2D eigenvalue weighted by molar-refractivity contribution is 7.14. The summed E-state index contributed by atoms with van der Waals surface area (Å²) in [5, 5.41) is 8.58. The van der Waals surface area contributed by atoms with Crippen molar-refractivity contribution in [3.63, 3.8) is 0 Å². The maximum Gasteiger partial charge on any atom is 0.449 e. The number of morpholine rings is 1. The molecule has 202 valence electrons. The number of benzene rings is 1. The summed E-state index contributed by atoms with van der Waals surface area (Å²) in [6, 6.07) is 6.47. The number of amides is 1. The third-order valence-corrected chi connectivity index (χ3v) is 7.26. The second-order valence-electron chi connectivity index (χ2n) is 9.24. The van der Waals surface area contributed by atoms with Gasteiger partial charge in [0.2, 0.25) is 10.9 Å². The number of alkyl halides is 2. The van der Waals surface area contributed by atoms with Gasteiger partial charge in [-0.05, 0) is 57.2 Å². The van der Waals surface area contributed by atoms with Crippen LogP contribution in [-0.2, 0) is 22.5 Å². The molecule has 3 heterocycles. The van der Waals surface area contributed by atoms with Gasteiger partial charge in [-0.2, -0.15) is 0 Å². The Morgan fingerprint density at radius 2 is 2.03 bits per heavy atom. The summed E-state index contributed by atoms with van der Waals surface area (Å²) in [7, 11) is 1.42. The first-order valence-electron chi connectivity index (χ1n) is 12.5. The highest BCUT2D eigenvalue weighted by Crippen LogP contribution is 2.36. The van der Waals surface area contributed by atoms with Gasteiger partial charge in [-0.15, -0.1) is 0 Å². The first kappa shape index (κ1) is 26.8. The number of carbonyl (C=O) groups is 1. The van der Waals surface area contributed by atoms with Crippen LogP contribution in [0.1, 0.15) is 41.1 Å². The number of nitroso groups, excluding NO2 is 1. The van der Waals surface area contributed by atoms with Crippen molar-refractivity contribution in [1.29, 1.82) is 0 Å². The van der Waals surface area contributed by atoms with E-state index in [0.717, 1.165) is 24.2 Å². The Labute approximate surface area is 227 Å². The molecule has 1 aromatic carbocycles. The van der Waals surface area contributed by atoms with Gasteiger partial charge in [0, 0.05) is 30.1 Å². The fourth-order valence-electron chi connectivity index (χ4n) is 4.15. The SMILES string of the molecule is COc1cnc(C(F)F)cc1-c1cc(CC(=O)N2CCOCC2)ccc1C[N+](=O)c1nnc(C#CC2CC2)s1. The molecule has 2 fully saturated rings. The van der Waals surface area contributed by atoms with Crippen molar-refractivity contribution in [1.82, 2.24) is 20.1 Å². The molecule has 0 atom stereocenters. The largest absolute Gasteiger partial charge is 0.494 e. The predicted molar refractivity (Wildman–Crippen MR) is 139 cm³/mol. The molecule has 0 unspecified atom stereocenters. The molecule has 1 amide bonds. The van der Waals surface area contributed by atoms with Crippen LogP contribution in [0.4, 0.5) is 13.9 Å². The zero-order chi connectivity index (χ0) is 27.4. The number of pyridine rings is 1. The maximum atomic E-state index is 13.6. The smallest absolute Gasteiger partial charge is 0.449 e. The van der Waals surface area contributed by atoms with E-state index in [1.807, 2.05) is 0 Å². The number of nitrogens with zero attached hydrogens (tertiary/aromatic N) is 5. The lowest BCUT2D eigenvalue weighted by Crippen LogP contribution is -2.41. The van der Waals surface area contributed by atoms with Crippen molar-refractivity contribution in [3.8, 4) is 28.7 Å². The van der Waals surface area contributed by atoms with Crippen LogP contribution in [0.25, 0.3) is 11.1 Å². The van der Waals surface area contributed by atoms with E-state index in [-0.39, 0.29) is 29.8 Å². The highest BCUT2D eigenvalue weighted by Gasteiger charge is 2.25. The minimum Gasteiger partial charge on any atom is -0.494 e. The Morgan fingerprint density at radius 3 is 2.74 bits per heavy atom. The molecule has 2 aliphatic rings. The number of aromatic nitrogens is 3. The molecule has 1 saturated carbocycles. The predicted octanol–water partition coefficient (Wildman–Crippen LogP) is 4.32. The standard InChI is InChI=1S/C27H26F2N5O4S/c1-37-23-15-30-22(26(28)29)14-21(23)20-12-18(13-25(35)33-8-10-38-11-9-33)4-6-19(20)16-34(36)27-32-31-24(39-27)7-5-17-2-3-17/h4,6,12,14-15,17,26H,2-3,8-11,13,16H2,1H3/q+1. The summed E-state index contributed by atoms with van der Waals surface area (Å²) < 4.78 is 38.6. The van der Waals surface area contributed by atoms with Crippen LogP contribution < -0.4 is 4.74 Å². The number of hydrogen-bond acceptors (Lipinski definition) is 8. The van der Waals surface area contributed by atoms with E-state index in [9.17, 15) is 18.5 Å². The van der Waals surface area contributed by atoms with Gasteiger partial charge in [0.25, 0.3) is 6.43 Å². The molecular formula is C27H26F2N5O4S+. The number of methoxy groups -OCH3 is 1. The number of rotatable bonds is 8. The molecule has 1 aliphatic heterocycles. The summed E-state index contributed by atoms with van der Waals surface area (Å²) in [6.07, 6.45) is 0.709. The second kappa shape index (κ2) is 11.9. The molecule has 0 spiro atoms. The second-order valence-corrected chi connectivity index (χ2v) is 10.2. The summed E-state index contributed by atoms with van der Waals surface area (Å²) >= 11 is 1.10. The van der Waals surface area contributed by atoms with Crippen LogP contribution in [0.15, 0.2) is 30.5 Å². The van der Waals surface area contributed by atoms with Gasteiger partial charge in [0.15, 0.2) is 6.54 Å². The quantitative estimate of drug-likeness (QED) is 0.302. The van der Waals surface area contributed by atoms with Crippen molar-refractivity contribution in [2.75, 3.05) is 33.4 Å². The summed E-state index contributed by atoms with van der Waals surface area (Å²) in [4.78, 5) is 31.5. The first-order valence-corrected chi connectivity index (χ1v) is 13.3. The molecule has 0 radical (unpaired) electrons. The minimum atomic E-state index is -2.79. The molecule has 12 heteroatoms. The molecule has 0 N–H and O–H groups in total. The van der Waals surface area contributed by atoms with Crippen molar-refractivity contribution >= 4 is 22.4 Å². The van der Waals surface area contributed by atoms with Crippen LogP contribution >= 0.6 is 11.3 Å². The van der Waals surface area contributed by atoms with E-state index in [4.69, 9.17) is 9.47 Å². The third-order valence-electron chi connectivity index (χ3n) is 6.42. The Bertz CT molecular complexity index is 1440. The van der Waals surface area contributed by atoms with E-state index in [1.54, 1.807) is 23.1 Å². The van der Waals surface area contributed by atoms with Gasteiger partial charge in [0.05, 0.1) is 38.0 Å². The lowest BCUT2D eigenvalue weighted by Gasteiger charge is -2.27. The number of ether oxygens (including phenoxy) is 2. The summed E-state index contributed by atoms with van der Waals surface area (Å²) in [5.74, 6) is 6.65. The fraction of sp³-hybridized carbons (Fsp3) is 0.407. The van der Waals surface area contributed by atoms with Crippen LogP contribution in [0.2, 0.25) is 0 Å². The Hall–Kier alpha value is -3.82. The monoisotopic (exact) mass is 554 g/mol. The zero-order valence-electron chi connectivity index (χ0n) is 21.2. The maximum absolute atomic E-state index is 13.6. The average Bonchev–Trinajstić information content (AvgIpc) is 3.67. The third kappa shape index (κ3) is 6.61. The molecule has 39 heavy (non-hydrogen) atoms. The van der Waals surface area contributed by atoms with Crippen LogP contribution in [-0.4, -0.2) is 64.2 Å². The number of hydrogen-bond donors (Lipinski definition) is 0. The Balaban J connectivity index is 1.47. The number of carbonyl (C=O) groups excluding carboxylic acids is 1. The molecule has 5 rings (SSSR count). The van der Waals surface area contributed by atoms with Gasteiger partial charge >= 0.3 is 5.13 Å². The van der Waals surface area contributed by atoms with Crippen molar-refractivity contribution in [2.45, 2.75) is 32.2 Å². The first-order chi connectivity index (χ1) is 18.9. The molecule has 1 saturated heterocycles.